The normalized spacial score (nSPS) is 21.6. The van der Waals surface area contributed by atoms with E-state index in [0.717, 1.165) is 32.1 Å². The summed E-state index contributed by atoms with van der Waals surface area (Å²) >= 11 is 0. The van der Waals surface area contributed by atoms with Gasteiger partial charge in [0.2, 0.25) is 11.8 Å². The lowest BCUT2D eigenvalue weighted by Gasteiger charge is -2.23. The SMILES string of the molecule is O=C(Nc1cc(NC(=O)C2COCCN2)ccc1F)C1CCCCC1. The zero-order chi connectivity index (χ0) is 17.6. The second-order valence-corrected chi connectivity index (χ2v) is 6.59. The van der Waals surface area contributed by atoms with Crippen LogP contribution in [-0.4, -0.2) is 37.6 Å². The maximum absolute atomic E-state index is 14.0. The van der Waals surface area contributed by atoms with Gasteiger partial charge in [-0.25, -0.2) is 4.39 Å². The number of morpholine rings is 1. The number of halogens is 1. The molecule has 2 aliphatic rings. The van der Waals surface area contributed by atoms with Crippen LogP contribution in [-0.2, 0) is 14.3 Å². The van der Waals surface area contributed by atoms with Gasteiger partial charge < -0.3 is 20.7 Å². The van der Waals surface area contributed by atoms with Crippen molar-refractivity contribution in [1.29, 1.82) is 0 Å². The van der Waals surface area contributed by atoms with Crippen LogP contribution >= 0.6 is 0 Å². The zero-order valence-corrected chi connectivity index (χ0v) is 14.1. The molecule has 7 heteroatoms. The molecule has 25 heavy (non-hydrogen) atoms. The third kappa shape index (κ3) is 4.76. The van der Waals surface area contributed by atoms with Crippen LogP contribution in [0.15, 0.2) is 18.2 Å². The molecule has 1 aromatic carbocycles. The first-order valence-electron chi connectivity index (χ1n) is 8.86. The van der Waals surface area contributed by atoms with E-state index in [0.29, 0.717) is 25.4 Å². The topological polar surface area (TPSA) is 79.5 Å². The van der Waals surface area contributed by atoms with Crippen LogP contribution in [0, 0.1) is 11.7 Å². The van der Waals surface area contributed by atoms with Crippen molar-refractivity contribution in [2.24, 2.45) is 5.92 Å². The van der Waals surface area contributed by atoms with Gasteiger partial charge in [-0.05, 0) is 31.0 Å². The summed E-state index contributed by atoms with van der Waals surface area (Å²) in [5.41, 5.74) is 0.541. The fourth-order valence-corrected chi connectivity index (χ4v) is 3.26. The average molecular weight is 349 g/mol. The summed E-state index contributed by atoms with van der Waals surface area (Å²) in [6.45, 7) is 1.50. The highest BCUT2D eigenvalue weighted by atomic mass is 19.1. The van der Waals surface area contributed by atoms with Gasteiger partial charge in [0.1, 0.15) is 11.9 Å². The van der Waals surface area contributed by atoms with Crippen LogP contribution in [0.4, 0.5) is 15.8 Å². The Morgan fingerprint density at radius 3 is 2.64 bits per heavy atom. The molecule has 2 amide bonds. The molecule has 0 spiro atoms. The number of ether oxygens (including phenoxy) is 1. The summed E-state index contributed by atoms with van der Waals surface area (Å²) in [6.07, 6.45) is 4.91. The molecule has 0 bridgehead atoms. The van der Waals surface area contributed by atoms with Crippen molar-refractivity contribution in [2.45, 2.75) is 38.1 Å². The molecule has 1 heterocycles. The van der Waals surface area contributed by atoms with Gasteiger partial charge in [0.05, 0.1) is 18.9 Å². The summed E-state index contributed by atoms with van der Waals surface area (Å²) in [7, 11) is 0. The van der Waals surface area contributed by atoms with Gasteiger partial charge in [-0.3, -0.25) is 9.59 Å². The minimum Gasteiger partial charge on any atom is -0.378 e. The molecule has 2 fully saturated rings. The first-order valence-corrected chi connectivity index (χ1v) is 8.86. The lowest BCUT2D eigenvalue weighted by Crippen LogP contribution is -2.48. The Morgan fingerprint density at radius 2 is 1.92 bits per heavy atom. The molecule has 1 saturated heterocycles. The van der Waals surface area contributed by atoms with Crippen molar-refractivity contribution in [3.8, 4) is 0 Å². The second-order valence-electron chi connectivity index (χ2n) is 6.59. The molecule has 6 nitrogen and oxygen atoms in total. The van der Waals surface area contributed by atoms with Crippen LogP contribution < -0.4 is 16.0 Å². The molecule has 1 aliphatic heterocycles. The van der Waals surface area contributed by atoms with Crippen LogP contribution in [0.5, 0.6) is 0 Å². The van der Waals surface area contributed by atoms with Crippen LogP contribution in [0.25, 0.3) is 0 Å². The first-order chi connectivity index (χ1) is 12.1. The molecular weight excluding hydrogens is 325 g/mol. The quantitative estimate of drug-likeness (QED) is 0.779. The predicted molar refractivity (Wildman–Crippen MR) is 92.8 cm³/mol. The Kier molecular flexibility index (Phi) is 5.99. The molecule has 1 aromatic rings. The second kappa shape index (κ2) is 8.40. The van der Waals surface area contributed by atoms with E-state index in [9.17, 15) is 14.0 Å². The van der Waals surface area contributed by atoms with Gasteiger partial charge in [0.15, 0.2) is 0 Å². The van der Waals surface area contributed by atoms with Gasteiger partial charge in [-0.2, -0.15) is 0 Å². The van der Waals surface area contributed by atoms with E-state index in [1.807, 2.05) is 0 Å². The minimum absolute atomic E-state index is 0.0602. The summed E-state index contributed by atoms with van der Waals surface area (Å²) in [4.78, 5) is 24.5. The molecule has 0 aromatic heterocycles. The van der Waals surface area contributed by atoms with Crippen LogP contribution in [0.2, 0.25) is 0 Å². The number of benzene rings is 1. The number of anilines is 2. The molecule has 1 atom stereocenters. The standard InChI is InChI=1S/C18H24FN3O3/c19-14-7-6-13(21-18(24)16-11-25-9-8-20-16)10-15(14)22-17(23)12-4-2-1-3-5-12/h6-7,10,12,16,20H,1-5,8-9,11H2,(H,21,24)(H,22,23). The maximum atomic E-state index is 14.0. The van der Waals surface area contributed by atoms with Gasteiger partial charge in [0.25, 0.3) is 0 Å². The van der Waals surface area contributed by atoms with E-state index in [4.69, 9.17) is 4.74 Å². The minimum atomic E-state index is -0.513. The molecule has 136 valence electrons. The van der Waals surface area contributed by atoms with Crippen molar-refractivity contribution in [2.75, 3.05) is 30.4 Å². The van der Waals surface area contributed by atoms with Gasteiger partial charge in [-0.15, -0.1) is 0 Å². The third-order valence-corrected chi connectivity index (χ3v) is 4.71. The number of carbonyl (C=O) groups excluding carboxylic acids is 2. The molecule has 0 radical (unpaired) electrons. The first kappa shape index (κ1) is 17.8. The van der Waals surface area contributed by atoms with Crippen molar-refractivity contribution in [3.63, 3.8) is 0 Å². The number of nitrogens with one attached hydrogen (secondary N) is 3. The Bertz CT molecular complexity index is 626. The van der Waals surface area contributed by atoms with Crippen LogP contribution in [0.1, 0.15) is 32.1 Å². The zero-order valence-electron chi connectivity index (χ0n) is 14.1. The monoisotopic (exact) mass is 349 g/mol. The van der Waals surface area contributed by atoms with Gasteiger partial charge >= 0.3 is 0 Å². The van der Waals surface area contributed by atoms with E-state index in [2.05, 4.69) is 16.0 Å². The fourth-order valence-electron chi connectivity index (χ4n) is 3.26. The van der Waals surface area contributed by atoms with Crippen molar-refractivity contribution < 1.29 is 18.7 Å². The highest BCUT2D eigenvalue weighted by molar-refractivity contribution is 5.97. The Morgan fingerprint density at radius 1 is 1.12 bits per heavy atom. The van der Waals surface area contributed by atoms with Crippen molar-refractivity contribution in [1.82, 2.24) is 5.32 Å². The number of hydrogen-bond donors (Lipinski definition) is 3. The molecule has 3 N–H and O–H groups in total. The number of carbonyl (C=O) groups is 2. The molecule has 1 saturated carbocycles. The Labute approximate surface area is 146 Å². The van der Waals surface area contributed by atoms with Gasteiger partial charge in [0, 0.05) is 18.2 Å². The summed E-state index contributed by atoms with van der Waals surface area (Å²) in [5.74, 6) is -0.962. The Balaban J connectivity index is 1.63. The molecular formula is C18H24FN3O3. The highest BCUT2D eigenvalue weighted by Crippen LogP contribution is 2.26. The van der Waals surface area contributed by atoms with E-state index in [1.165, 1.54) is 18.2 Å². The summed E-state index contributed by atoms with van der Waals surface area (Å²) < 4.78 is 19.3. The lowest BCUT2D eigenvalue weighted by molar-refractivity contribution is -0.121. The van der Waals surface area contributed by atoms with E-state index in [1.54, 1.807) is 0 Å². The molecule has 3 rings (SSSR count). The van der Waals surface area contributed by atoms with Crippen LogP contribution in [0.3, 0.4) is 0 Å². The van der Waals surface area contributed by atoms with E-state index < -0.39 is 11.9 Å². The smallest absolute Gasteiger partial charge is 0.243 e. The third-order valence-electron chi connectivity index (χ3n) is 4.71. The van der Waals surface area contributed by atoms with Crippen molar-refractivity contribution in [3.05, 3.63) is 24.0 Å². The Hall–Kier alpha value is -1.99. The average Bonchev–Trinajstić information content (AvgIpc) is 2.66. The number of amides is 2. The largest absolute Gasteiger partial charge is 0.378 e. The van der Waals surface area contributed by atoms with Gasteiger partial charge in [-0.1, -0.05) is 19.3 Å². The van der Waals surface area contributed by atoms with Crippen molar-refractivity contribution >= 4 is 23.2 Å². The maximum Gasteiger partial charge on any atom is 0.243 e. The molecule has 1 unspecified atom stereocenters. The molecule has 1 aliphatic carbocycles. The summed E-state index contributed by atoms with van der Waals surface area (Å²) in [5, 5.41) is 8.46. The number of rotatable bonds is 4. The lowest BCUT2D eigenvalue weighted by atomic mass is 9.88. The fraction of sp³-hybridized carbons (Fsp3) is 0.556. The van der Waals surface area contributed by atoms with E-state index >= 15 is 0 Å². The van der Waals surface area contributed by atoms with E-state index in [-0.39, 0.29) is 23.4 Å². The predicted octanol–water partition coefficient (Wildman–Crippen LogP) is 2.27. The number of hydrogen-bond acceptors (Lipinski definition) is 4. The highest BCUT2D eigenvalue weighted by Gasteiger charge is 2.23. The summed E-state index contributed by atoms with van der Waals surface area (Å²) in [6, 6.07) is 3.75.